The highest BCUT2D eigenvalue weighted by Crippen LogP contribution is 2.56. The Bertz CT molecular complexity index is 1690. The molecule has 2 saturated heterocycles. The molecule has 2 unspecified atom stereocenters. The van der Waals surface area contributed by atoms with Crippen LogP contribution < -0.4 is 22.5 Å². The van der Waals surface area contributed by atoms with Crippen LogP contribution in [0.4, 0.5) is 0 Å². The molecule has 0 saturated carbocycles. The Balaban J connectivity index is 1.47. The average molecular weight is 663 g/mol. The molecule has 2 aromatic heterocycles. The van der Waals surface area contributed by atoms with Crippen LogP contribution in [0.3, 0.4) is 0 Å². The van der Waals surface area contributed by atoms with Gasteiger partial charge in [0, 0.05) is 43.3 Å². The zero-order valence-electron chi connectivity index (χ0n) is 23.5. The summed E-state index contributed by atoms with van der Waals surface area (Å²) in [7, 11) is 0. The third kappa shape index (κ3) is 7.69. The summed E-state index contributed by atoms with van der Waals surface area (Å²) in [5.74, 6) is -1.18. The number of Topliss-reactive ketones (excluding diaryl/α,β-unsaturated/α-hetero) is 1. The lowest BCUT2D eigenvalue weighted by molar-refractivity contribution is -0.150. The number of ketones is 1. The number of rotatable bonds is 10. The first-order chi connectivity index (χ1) is 20.1. The van der Waals surface area contributed by atoms with Crippen molar-refractivity contribution in [2.75, 3.05) is 6.61 Å². The standard InChI is InChI=1S/C24H31N4O12PS2/c1-10-7-27(23(34)25-21(10)32)17-5-14(31)20(39-17)19(12(3)29)40-41(42,43)36-9-16-15(37-13(4)30)6-18(38-16)28-8-11(2)22(33)26-24(28)35/h7-8,14-20,31H,5-6,9H2,1-4H3,(H,42,43)(H,25,32,34)(H,26,33,35)/t14-,15-,16+,17+,18+,19?,20-/m0/s1. The minimum atomic E-state index is -3.56. The molecule has 0 aliphatic carbocycles. The summed E-state index contributed by atoms with van der Waals surface area (Å²) >= 11 is 9.73. The van der Waals surface area contributed by atoms with Crippen LogP contribution >= 0.6 is 17.9 Å². The number of hydrogen-bond donors (Lipinski definition) is 4. The van der Waals surface area contributed by atoms with Gasteiger partial charge in [0.25, 0.3) is 11.1 Å². The van der Waals surface area contributed by atoms with Gasteiger partial charge < -0.3 is 28.4 Å². The maximum atomic E-state index is 12.6. The van der Waals surface area contributed by atoms with Crippen molar-refractivity contribution in [2.24, 2.45) is 0 Å². The molecule has 0 bridgehead atoms. The molecule has 0 aromatic carbocycles. The summed E-state index contributed by atoms with van der Waals surface area (Å²) in [5.41, 5.74) is -5.65. The van der Waals surface area contributed by atoms with Crippen molar-refractivity contribution in [1.82, 2.24) is 19.1 Å². The summed E-state index contributed by atoms with van der Waals surface area (Å²) in [5, 5.41) is 10.7. The summed E-state index contributed by atoms with van der Waals surface area (Å²) in [6.45, 7) is 5.09. The van der Waals surface area contributed by atoms with Crippen molar-refractivity contribution in [1.29, 1.82) is 0 Å². The van der Waals surface area contributed by atoms with Gasteiger partial charge in [-0.2, -0.15) is 0 Å². The van der Waals surface area contributed by atoms with Crippen LogP contribution in [0.25, 0.3) is 0 Å². The Hall–Kier alpha value is -2.70. The number of aromatic nitrogens is 4. The number of hydrogen-bond acceptors (Lipinski definition) is 13. The molecule has 2 aromatic rings. The minimum Gasteiger partial charge on any atom is -0.460 e. The molecular formula is C24H31N4O12PS2. The Labute approximate surface area is 253 Å². The van der Waals surface area contributed by atoms with E-state index >= 15 is 0 Å². The summed E-state index contributed by atoms with van der Waals surface area (Å²) in [4.78, 5) is 76.9. The zero-order valence-corrected chi connectivity index (χ0v) is 26.1. The van der Waals surface area contributed by atoms with Crippen molar-refractivity contribution in [2.45, 2.75) is 83.5 Å². The Morgan fingerprint density at radius 3 is 2.09 bits per heavy atom. The van der Waals surface area contributed by atoms with Crippen LogP contribution in [0, 0.1) is 13.8 Å². The quantitative estimate of drug-likeness (QED) is 0.147. The number of ether oxygens (including phenoxy) is 3. The Kier molecular flexibility index (Phi) is 10.1. The predicted molar refractivity (Wildman–Crippen MR) is 156 cm³/mol. The smallest absolute Gasteiger partial charge is 0.330 e. The number of nitrogens with one attached hydrogen (secondary N) is 2. The lowest BCUT2D eigenvalue weighted by Crippen LogP contribution is -2.41. The number of esters is 1. The van der Waals surface area contributed by atoms with Crippen molar-refractivity contribution in [3.05, 3.63) is 65.2 Å². The fourth-order valence-electron chi connectivity index (χ4n) is 4.79. The molecular weight excluding hydrogens is 631 g/mol. The van der Waals surface area contributed by atoms with Crippen LogP contribution in [0.15, 0.2) is 31.6 Å². The van der Waals surface area contributed by atoms with Gasteiger partial charge in [-0.15, -0.1) is 0 Å². The first-order valence-electron chi connectivity index (χ1n) is 13.0. The number of carbonyl (C=O) groups excluding carboxylic acids is 2. The fourth-order valence-corrected chi connectivity index (χ4v) is 6.70. The molecule has 3 N–H and O–H groups in total. The van der Waals surface area contributed by atoms with Gasteiger partial charge in [0.05, 0.1) is 12.7 Å². The van der Waals surface area contributed by atoms with Crippen LogP contribution in [-0.2, 0) is 44.7 Å². The van der Waals surface area contributed by atoms with Crippen LogP contribution in [0.1, 0.15) is 50.3 Å². The second-order valence-corrected chi connectivity index (χ2v) is 15.5. The minimum absolute atomic E-state index is 0.0540. The number of aliphatic hydroxyl groups excluding tert-OH is 1. The van der Waals surface area contributed by atoms with E-state index in [1.54, 1.807) is 0 Å². The molecule has 236 valence electrons. The van der Waals surface area contributed by atoms with E-state index in [0.717, 1.165) is 9.13 Å². The van der Waals surface area contributed by atoms with Gasteiger partial charge >= 0.3 is 17.3 Å². The maximum absolute atomic E-state index is 12.6. The van der Waals surface area contributed by atoms with Crippen LogP contribution in [0.5, 0.6) is 0 Å². The molecule has 8 atom stereocenters. The Morgan fingerprint density at radius 2 is 1.58 bits per heavy atom. The van der Waals surface area contributed by atoms with E-state index < -0.39 is 82.9 Å². The molecule has 2 aliphatic heterocycles. The molecule has 0 radical (unpaired) electrons. The number of H-pyrrole nitrogens is 2. The number of carbonyl (C=O) groups is 2. The number of aliphatic hydroxyl groups is 1. The number of aryl methyl sites for hydroxylation is 2. The van der Waals surface area contributed by atoms with Gasteiger partial charge in [0.2, 0.25) is 5.69 Å². The summed E-state index contributed by atoms with van der Waals surface area (Å²) in [6.07, 6.45) is -5.11. The van der Waals surface area contributed by atoms with E-state index in [0.29, 0.717) is 0 Å². The van der Waals surface area contributed by atoms with Gasteiger partial charge in [-0.25, -0.2) is 9.59 Å². The highest BCUT2D eigenvalue weighted by molar-refractivity contribution is 8.60. The van der Waals surface area contributed by atoms with Gasteiger partial charge in [-0.3, -0.25) is 38.3 Å². The fraction of sp³-hybridized carbons (Fsp3) is 0.583. The highest BCUT2D eigenvalue weighted by atomic mass is 32.9. The predicted octanol–water partition coefficient (Wildman–Crippen LogP) is -0.284. The molecule has 4 rings (SSSR count). The molecule has 19 heteroatoms. The molecule has 0 amide bonds. The van der Waals surface area contributed by atoms with E-state index in [2.05, 4.69) is 22.2 Å². The van der Waals surface area contributed by atoms with E-state index in [4.69, 9.17) is 35.1 Å². The average Bonchev–Trinajstić information content (AvgIpc) is 3.48. The molecule has 2 aliphatic rings. The van der Waals surface area contributed by atoms with Gasteiger partial charge in [-0.1, -0.05) is 12.2 Å². The second kappa shape index (κ2) is 13.1. The SMILES string of the molecule is CC(=O)O[C@H]1C[C@H](n2cc(C)c(=O)[nH]c2=O)O[C@@H]1COP(=S)(S)OC(C(C)=O)[C@H]1O[C@@H](n2cc(C)c(=O)[nH]c2=O)C[C@@H]1O. The zero-order chi connectivity index (χ0) is 31.8. The molecule has 0 spiro atoms. The number of thiol groups is 1. The summed E-state index contributed by atoms with van der Waals surface area (Å²) < 4.78 is 30.9. The summed E-state index contributed by atoms with van der Waals surface area (Å²) in [6, 6.07) is 0. The number of aromatic amines is 2. The largest absolute Gasteiger partial charge is 0.460 e. The normalized spacial score (nSPS) is 27.5. The topological polar surface area (TPSA) is 210 Å². The lowest BCUT2D eigenvalue weighted by Gasteiger charge is -2.29. The van der Waals surface area contributed by atoms with Gasteiger partial charge in [-0.05, 0) is 32.6 Å². The molecule has 4 heterocycles. The first-order valence-corrected chi connectivity index (χ1v) is 16.8. The Morgan fingerprint density at radius 1 is 1.05 bits per heavy atom. The number of nitrogens with zero attached hydrogens (tertiary/aromatic N) is 2. The maximum Gasteiger partial charge on any atom is 0.330 e. The van der Waals surface area contributed by atoms with Gasteiger partial charge in [0.15, 0.2) is 11.9 Å². The van der Waals surface area contributed by atoms with Crippen LogP contribution in [-0.4, -0.2) is 73.1 Å². The third-order valence-electron chi connectivity index (χ3n) is 6.89. The lowest BCUT2D eigenvalue weighted by atomic mass is 10.1. The van der Waals surface area contributed by atoms with Crippen molar-refractivity contribution >= 4 is 41.5 Å². The van der Waals surface area contributed by atoms with Crippen molar-refractivity contribution < 1.29 is 38.0 Å². The van der Waals surface area contributed by atoms with Crippen molar-refractivity contribution in [3.63, 3.8) is 0 Å². The molecule has 43 heavy (non-hydrogen) atoms. The highest BCUT2D eigenvalue weighted by Gasteiger charge is 2.45. The van der Waals surface area contributed by atoms with Crippen molar-refractivity contribution in [3.8, 4) is 0 Å². The second-order valence-electron chi connectivity index (χ2n) is 10.2. The monoisotopic (exact) mass is 662 g/mol. The molecule has 2 fully saturated rings. The van der Waals surface area contributed by atoms with E-state index in [1.165, 1.54) is 40.1 Å². The van der Waals surface area contributed by atoms with E-state index in [9.17, 15) is 33.9 Å². The first kappa shape index (κ1) is 33.2. The van der Waals surface area contributed by atoms with E-state index in [-0.39, 0.29) is 30.6 Å². The molecule has 16 nitrogen and oxygen atoms in total. The third-order valence-corrected chi connectivity index (χ3v) is 9.07. The van der Waals surface area contributed by atoms with Crippen LogP contribution in [0.2, 0.25) is 0 Å². The van der Waals surface area contributed by atoms with E-state index in [1.807, 2.05) is 0 Å². The van der Waals surface area contributed by atoms with Gasteiger partial charge in [0.1, 0.15) is 30.8 Å².